The van der Waals surface area contributed by atoms with E-state index in [-0.39, 0.29) is 18.1 Å². The Hall–Kier alpha value is -2.24. The zero-order valence-electron chi connectivity index (χ0n) is 18.4. The summed E-state index contributed by atoms with van der Waals surface area (Å²) in [4.78, 5) is 26.6. The average molecular weight is 415 g/mol. The third kappa shape index (κ3) is 7.22. The molecule has 1 aliphatic carbocycles. The number of anilines is 1. The third-order valence-corrected chi connectivity index (χ3v) is 6.33. The second-order valence-corrected chi connectivity index (χ2v) is 8.80. The van der Waals surface area contributed by atoms with Gasteiger partial charge in [-0.2, -0.15) is 0 Å². The summed E-state index contributed by atoms with van der Waals surface area (Å²) in [6.45, 7) is 3.54. The van der Waals surface area contributed by atoms with E-state index in [4.69, 9.17) is 0 Å². The molecule has 0 spiro atoms. The van der Waals surface area contributed by atoms with Crippen LogP contribution in [0.25, 0.3) is 0 Å². The first kappa shape index (κ1) is 22.4. The number of likely N-dealkylation sites (tertiary alicyclic amines) is 1. The Kier molecular flexibility index (Phi) is 8.84. The molecular formula is C24H38N4O2. The predicted molar refractivity (Wildman–Crippen MR) is 122 cm³/mol. The van der Waals surface area contributed by atoms with Crippen molar-refractivity contribution in [2.75, 3.05) is 18.4 Å². The van der Waals surface area contributed by atoms with Crippen molar-refractivity contribution in [3.8, 4) is 0 Å². The van der Waals surface area contributed by atoms with E-state index in [0.717, 1.165) is 37.8 Å². The summed E-state index contributed by atoms with van der Waals surface area (Å²) < 4.78 is 0. The maximum Gasteiger partial charge on any atom is 0.321 e. The van der Waals surface area contributed by atoms with Gasteiger partial charge in [-0.25, -0.2) is 9.59 Å². The maximum absolute atomic E-state index is 12.6. The molecule has 0 unspecified atom stereocenters. The van der Waals surface area contributed by atoms with Crippen molar-refractivity contribution < 1.29 is 9.59 Å². The predicted octanol–water partition coefficient (Wildman–Crippen LogP) is 5.05. The molecule has 1 saturated carbocycles. The Morgan fingerprint density at radius 1 is 0.900 bits per heavy atom. The quantitative estimate of drug-likeness (QED) is 0.546. The summed E-state index contributed by atoms with van der Waals surface area (Å²) in [5, 5.41) is 9.21. The van der Waals surface area contributed by atoms with Crippen molar-refractivity contribution >= 4 is 17.7 Å². The van der Waals surface area contributed by atoms with Gasteiger partial charge in [0.1, 0.15) is 0 Å². The molecule has 0 bridgehead atoms. The first-order valence-electron chi connectivity index (χ1n) is 11.9. The number of nitrogens with one attached hydrogen (secondary N) is 3. The molecule has 3 rings (SSSR count). The van der Waals surface area contributed by atoms with Crippen molar-refractivity contribution in [2.45, 2.75) is 89.6 Å². The van der Waals surface area contributed by atoms with Crippen LogP contribution in [0.2, 0.25) is 0 Å². The first-order chi connectivity index (χ1) is 14.6. The third-order valence-electron chi connectivity index (χ3n) is 6.33. The summed E-state index contributed by atoms with van der Waals surface area (Å²) in [5.41, 5.74) is 2.16. The number of hydrogen-bond acceptors (Lipinski definition) is 2. The molecule has 2 aliphatic rings. The molecule has 3 N–H and O–H groups in total. The van der Waals surface area contributed by atoms with Crippen molar-refractivity contribution in [3.05, 3.63) is 29.8 Å². The second-order valence-electron chi connectivity index (χ2n) is 8.80. The highest BCUT2D eigenvalue weighted by atomic mass is 16.2. The summed E-state index contributed by atoms with van der Waals surface area (Å²) in [6, 6.07) is 8.54. The lowest BCUT2D eigenvalue weighted by Gasteiger charge is -2.33. The van der Waals surface area contributed by atoms with Crippen LogP contribution in [-0.2, 0) is 6.42 Å². The van der Waals surface area contributed by atoms with E-state index in [2.05, 4.69) is 35.0 Å². The largest absolute Gasteiger partial charge is 0.335 e. The second kappa shape index (κ2) is 11.8. The lowest BCUT2D eigenvalue weighted by atomic mass is 9.96. The number of carbonyl (C=O) groups is 2. The zero-order chi connectivity index (χ0) is 21.2. The molecule has 30 heavy (non-hydrogen) atoms. The number of hydrogen-bond donors (Lipinski definition) is 3. The minimum atomic E-state index is -0.0566. The number of amides is 4. The number of aryl methyl sites for hydroxylation is 1. The van der Waals surface area contributed by atoms with E-state index >= 15 is 0 Å². The molecule has 1 aromatic rings. The van der Waals surface area contributed by atoms with Gasteiger partial charge < -0.3 is 20.9 Å². The molecule has 2 fully saturated rings. The van der Waals surface area contributed by atoms with Crippen LogP contribution in [0.15, 0.2) is 24.3 Å². The van der Waals surface area contributed by atoms with E-state index in [0.29, 0.717) is 19.1 Å². The molecule has 166 valence electrons. The topological polar surface area (TPSA) is 73.5 Å². The highest BCUT2D eigenvalue weighted by molar-refractivity contribution is 5.89. The number of unbranched alkanes of at least 4 members (excludes halogenated alkanes) is 2. The Bertz CT molecular complexity index is 662. The van der Waals surface area contributed by atoms with Gasteiger partial charge in [0, 0.05) is 30.9 Å². The van der Waals surface area contributed by atoms with Crippen LogP contribution in [0, 0.1) is 0 Å². The van der Waals surface area contributed by atoms with Gasteiger partial charge in [-0.3, -0.25) is 0 Å². The number of nitrogens with zero attached hydrogens (tertiary/aromatic N) is 1. The maximum atomic E-state index is 12.6. The van der Waals surface area contributed by atoms with E-state index in [9.17, 15) is 9.59 Å². The molecule has 1 saturated heterocycles. The van der Waals surface area contributed by atoms with E-state index in [1.54, 1.807) is 0 Å². The number of rotatable bonds is 7. The monoisotopic (exact) mass is 414 g/mol. The molecule has 1 heterocycles. The van der Waals surface area contributed by atoms with Gasteiger partial charge >= 0.3 is 12.1 Å². The minimum absolute atomic E-state index is 0.0520. The van der Waals surface area contributed by atoms with Gasteiger partial charge in [0.2, 0.25) is 0 Å². The number of urea groups is 2. The number of piperidine rings is 1. The Morgan fingerprint density at radius 3 is 2.17 bits per heavy atom. The summed E-state index contributed by atoms with van der Waals surface area (Å²) in [6.07, 6.45) is 12.3. The lowest BCUT2D eigenvalue weighted by Crippen LogP contribution is -2.51. The van der Waals surface area contributed by atoms with Crippen LogP contribution in [0.3, 0.4) is 0 Å². The van der Waals surface area contributed by atoms with E-state index in [1.807, 2.05) is 17.0 Å². The molecule has 0 atom stereocenters. The van der Waals surface area contributed by atoms with Crippen LogP contribution in [0.4, 0.5) is 15.3 Å². The van der Waals surface area contributed by atoms with E-state index in [1.165, 1.54) is 44.1 Å². The number of carbonyl (C=O) groups excluding carboxylic acids is 2. The highest BCUT2D eigenvalue weighted by Crippen LogP contribution is 2.18. The lowest BCUT2D eigenvalue weighted by molar-refractivity contribution is 0.186. The van der Waals surface area contributed by atoms with Crippen LogP contribution < -0.4 is 16.0 Å². The molecule has 0 aromatic heterocycles. The molecule has 0 radical (unpaired) electrons. The fraction of sp³-hybridized carbons (Fsp3) is 0.667. The van der Waals surface area contributed by atoms with Crippen LogP contribution in [0.5, 0.6) is 0 Å². The standard InChI is InChI=1S/C24H38N4O2/c1-2-3-5-8-19-11-13-21(14-12-19)27-24(30)28-17-15-22(16-18-28)26-23(29)25-20-9-6-4-7-10-20/h11-14,20,22H,2-10,15-18H2,1H3,(H,27,30)(H2,25,26,29). The Morgan fingerprint density at radius 2 is 1.53 bits per heavy atom. The van der Waals surface area contributed by atoms with Crippen molar-refractivity contribution in [2.24, 2.45) is 0 Å². The number of benzene rings is 1. The van der Waals surface area contributed by atoms with Gasteiger partial charge in [0.15, 0.2) is 0 Å². The molecular weight excluding hydrogens is 376 g/mol. The van der Waals surface area contributed by atoms with Gasteiger partial charge in [-0.15, -0.1) is 0 Å². The van der Waals surface area contributed by atoms with Gasteiger partial charge in [0.25, 0.3) is 0 Å². The zero-order valence-corrected chi connectivity index (χ0v) is 18.4. The smallest absolute Gasteiger partial charge is 0.321 e. The van der Waals surface area contributed by atoms with E-state index < -0.39 is 0 Å². The average Bonchev–Trinajstić information content (AvgIpc) is 2.76. The van der Waals surface area contributed by atoms with Gasteiger partial charge in [-0.05, 0) is 56.2 Å². The highest BCUT2D eigenvalue weighted by Gasteiger charge is 2.25. The molecule has 6 heteroatoms. The fourth-order valence-corrected chi connectivity index (χ4v) is 4.42. The Balaban J connectivity index is 1.36. The van der Waals surface area contributed by atoms with Crippen molar-refractivity contribution in [1.82, 2.24) is 15.5 Å². The minimum Gasteiger partial charge on any atom is -0.335 e. The first-order valence-corrected chi connectivity index (χ1v) is 11.9. The molecule has 1 aliphatic heterocycles. The molecule has 4 amide bonds. The fourth-order valence-electron chi connectivity index (χ4n) is 4.42. The van der Waals surface area contributed by atoms with Gasteiger partial charge in [0.05, 0.1) is 0 Å². The van der Waals surface area contributed by atoms with Crippen molar-refractivity contribution in [1.29, 1.82) is 0 Å². The molecule has 1 aromatic carbocycles. The summed E-state index contributed by atoms with van der Waals surface area (Å²) in [5.74, 6) is 0. The van der Waals surface area contributed by atoms with Crippen LogP contribution in [0.1, 0.15) is 76.7 Å². The van der Waals surface area contributed by atoms with Gasteiger partial charge in [-0.1, -0.05) is 51.2 Å². The Labute approximate surface area is 181 Å². The normalized spacial score (nSPS) is 18.1. The summed E-state index contributed by atoms with van der Waals surface area (Å²) in [7, 11) is 0. The van der Waals surface area contributed by atoms with Crippen LogP contribution >= 0.6 is 0 Å². The molecule has 6 nitrogen and oxygen atoms in total. The summed E-state index contributed by atoms with van der Waals surface area (Å²) >= 11 is 0. The SMILES string of the molecule is CCCCCc1ccc(NC(=O)N2CCC(NC(=O)NC3CCCCC3)CC2)cc1. The van der Waals surface area contributed by atoms with Crippen molar-refractivity contribution in [3.63, 3.8) is 0 Å². The van der Waals surface area contributed by atoms with Crippen LogP contribution in [-0.4, -0.2) is 42.1 Å².